The molecule has 1 amide bonds. The van der Waals surface area contributed by atoms with Crippen molar-refractivity contribution in [1.82, 2.24) is 14.6 Å². The van der Waals surface area contributed by atoms with Crippen LogP contribution in [0.3, 0.4) is 0 Å². The summed E-state index contributed by atoms with van der Waals surface area (Å²) in [5, 5.41) is 13.6. The van der Waals surface area contributed by atoms with E-state index in [1.54, 1.807) is 11.3 Å². The highest BCUT2D eigenvalue weighted by molar-refractivity contribution is 7.10. The SMILES string of the molecule is CC(C)(C(=O)Nc1ccc2nnc(C3CCC3)n2c1)c1cccs1. The maximum absolute atomic E-state index is 12.7. The first-order valence-corrected chi connectivity index (χ1v) is 9.14. The summed E-state index contributed by atoms with van der Waals surface area (Å²) in [7, 11) is 0. The van der Waals surface area contributed by atoms with Crippen LogP contribution in [0.5, 0.6) is 0 Å². The van der Waals surface area contributed by atoms with Gasteiger partial charge in [-0.25, -0.2) is 0 Å². The van der Waals surface area contributed by atoms with Crippen LogP contribution in [0, 0.1) is 0 Å². The number of nitrogens with one attached hydrogen (secondary N) is 1. The van der Waals surface area contributed by atoms with Crippen molar-refractivity contribution < 1.29 is 4.79 Å². The van der Waals surface area contributed by atoms with Crippen LogP contribution in [-0.2, 0) is 10.2 Å². The van der Waals surface area contributed by atoms with Gasteiger partial charge in [0, 0.05) is 17.0 Å². The minimum atomic E-state index is -0.562. The van der Waals surface area contributed by atoms with Gasteiger partial charge >= 0.3 is 0 Å². The van der Waals surface area contributed by atoms with Crippen LogP contribution in [0.2, 0.25) is 0 Å². The molecule has 1 N–H and O–H groups in total. The molecule has 124 valence electrons. The predicted molar refractivity (Wildman–Crippen MR) is 95.6 cm³/mol. The van der Waals surface area contributed by atoms with Crippen LogP contribution in [0.1, 0.15) is 49.7 Å². The van der Waals surface area contributed by atoms with Gasteiger partial charge in [0.05, 0.1) is 11.1 Å². The fourth-order valence-corrected chi connectivity index (χ4v) is 3.81. The molecule has 0 atom stereocenters. The lowest BCUT2D eigenvalue weighted by atomic mass is 9.85. The standard InChI is InChI=1S/C18H20N4OS/c1-18(2,14-7-4-10-24-14)17(23)19-13-8-9-15-20-21-16(22(15)11-13)12-5-3-6-12/h4,7-12H,3,5-6H2,1-2H3,(H,19,23). The van der Waals surface area contributed by atoms with Crippen molar-refractivity contribution >= 4 is 28.6 Å². The highest BCUT2D eigenvalue weighted by atomic mass is 32.1. The third kappa shape index (κ3) is 2.51. The zero-order valence-corrected chi connectivity index (χ0v) is 14.6. The Morgan fingerprint density at radius 2 is 2.12 bits per heavy atom. The maximum Gasteiger partial charge on any atom is 0.235 e. The fourth-order valence-electron chi connectivity index (χ4n) is 2.96. The first kappa shape index (κ1) is 15.3. The highest BCUT2D eigenvalue weighted by Gasteiger charge is 2.31. The number of fused-ring (bicyclic) bond motifs is 1. The Labute approximate surface area is 144 Å². The zero-order valence-electron chi connectivity index (χ0n) is 13.8. The van der Waals surface area contributed by atoms with E-state index in [9.17, 15) is 4.79 Å². The molecule has 1 aliphatic carbocycles. The van der Waals surface area contributed by atoms with Gasteiger partial charge in [-0.05, 0) is 50.3 Å². The Kier molecular flexibility index (Phi) is 3.64. The summed E-state index contributed by atoms with van der Waals surface area (Å²) < 4.78 is 2.01. The molecule has 0 saturated heterocycles. The molecule has 3 aromatic heterocycles. The van der Waals surface area contributed by atoms with Crippen molar-refractivity contribution in [1.29, 1.82) is 0 Å². The van der Waals surface area contributed by atoms with Gasteiger partial charge in [-0.15, -0.1) is 21.5 Å². The van der Waals surface area contributed by atoms with Crippen molar-refractivity contribution in [2.75, 3.05) is 5.32 Å². The zero-order chi connectivity index (χ0) is 16.7. The third-order valence-corrected chi connectivity index (χ3v) is 6.06. The Balaban J connectivity index is 1.61. The molecule has 0 radical (unpaired) electrons. The lowest BCUT2D eigenvalue weighted by Gasteiger charge is -2.24. The van der Waals surface area contributed by atoms with Gasteiger partial charge in [0.1, 0.15) is 5.82 Å². The number of amides is 1. The lowest BCUT2D eigenvalue weighted by Crippen LogP contribution is -2.34. The fraction of sp³-hybridized carbons (Fsp3) is 0.389. The molecule has 1 fully saturated rings. The number of thiophene rings is 1. The molecule has 4 rings (SSSR count). The molecule has 0 spiro atoms. The molecular formula is C18H20N4OS. The monoisotopic (exact) mass is 340 g/mol. The van der Waals surface area contributed by atoms with Crippen LogP contribution in [0.25, 0.3) is 5.65 Å². The Morgan fingerprint density at radius 1 is 1.29 bits per heavy atom. The number of carbonyl (C=O) groups is 1. The predicted octanol–water partition coefficient (Wildman–Crippen LogP) is 3.97. The molecule has 0 bridgehead atoms. The van der Waals surface area contributed by atoms with E-state index in [0.717, 1.165) is 22.0 Å². The average Bonchev–Trinajstić information content (AvgIpc) is 3.16. The number of anilines is 1. The summed E-state index contributed by atoms with van der Waals surface area (Å²) in [6.45, 7) is 3.90. The Hall–Kier alpha value is -2.21. The topological polar surface area (TPSA) is 59.3 Å². The first-order chi connectivity index (χ1) is 11.6. The summed E-state index contributed by atoms with van der Waals surface area (Å²) >= 11 is 1.60. The largest absolute Gasteiger partial charge is 0.324 e. The molecule has 1 saturated carbocycles. The number of nitrogens with zero attached hydrogens (tertiary/aromatic N) is 3. The quantitative estimate of drug-likeness (QED) is 0.781. The molecule has 0 unspecified atom stereocenters. The molecule has 6 heteroatoms. The van der Waals surface area contributed by atoms with E-state index in [1.165, 1.54) is 19.3 Å². The van der Waals surface area contributed by atoms with Gasteiger partial charge in [0.25, 0.3) is 0 Å². The first-order valence-electron chi connectivity index (χ1n) is 8.26. The van der Waals surface area contributed by atoms with Crippen molar-refractivity contribution in [3.05, 3.63) is 46.5 Å². The molecule has 3 aromatic rings. The number of pyridine rings is 1. The molecule has 0 aromatic carbocycles. The van der Waals surface area contributed by atoms with E-state index in [1.807, 2.05) is 54.1 Å². The van der Waals surface area contributed by atoms with Crippen molar-refractivity contribution in [2.24, 2.45) is 0 Å². The van der Waals surface area contributed by atoms with E-state index < -0.39 is 5.41 Å². The summed E-state index contributed by atoms with van der Waals surface area (Å²) in [4.78, 5) is 13.8. The van der Waals surface area contributed by atoms with Gasteiger partial charge in [0.15, 0.2) is 5.65 Å². The van der Waals surface area contributed by atoms with Crippen molar-refractivity contribution in [3.63, 3.8) is 0 Å². The number of aromatic nitrogens is 3. The van der Waals surface area contributed by atoms with Crippen LogP contribution in [0.15, 0.2) is 35.8 Å². The van der Waals surface area contributed by atoms with E-state index in [0.29, 0.717) is 5.92 Å². The van der Waals surface area contributed by atoms with Crippen LogP contribution in [-0.4, -0.2) is 20.5 Å². The smallest absolute Gasteiger partial charge is 0.235 e. The number of carbonyl (C=O) groups excluding carboxylic acids is 1. The lowest BCUT2D eigenvalue weighted by molar-refractivity contribution is -0.120. The normalized spacial score (nSPS) is 15.4. The van der Waals surface area contributed by atoms with E-state index in [4.69, 9.17) is 0 Å². The summed E-state index contributed by atoms with van der Waals surface area (Å²) in [6, 6.07) is 7.77. The summed E-state index contributed by atoms with van der Waals surface area (Å²) in [5.41, 5.74) is 1.04. The minimum Gasteiger partial charge on any atom is -0.324 e. The summed E-state index contributed by atoms with van der Waals surface area (Å²) in [6.07, 6.45) is 5.53. The molecule has 3 heterocycles. The Morgan fingerprint density at radius 3 is 2.79 bits per heavy atom. The third-order valence-electron chi connectivity index (χ3n) is 4.86. The van der Waals surface area contributed by atoms with Gasteiger partial charge in [-0.3, -0.25) is 9.20 Å². The van der Waals surface area contributed by atoms with Crippen molar-refractivity contribution in [2.45, 2.75) is 44.4 Å². The minimum absolute atomic E-state index is 0.0115. The summed E-state index contributed by atoms with van der Waals surface area (Å²) in [5.74, 6) is 1.49. The molecular weight excluding hydrogens is 320 g/mol. The molecule has 1 aliphatic rings. The van der Waals surface area contributed by atoms with Crippen molar-refractivity contribution in [3.8, 4) is 0 Å². The van der Waals surface area contributed by atoms with E-state index in [2.05, 4.69) is 15.5 Å². The van der Waals surface area contributed by atoms with E-state index >= 15 is 0 Å². The average molecular weight is 340 g/mol. The maximum atomic E-state index is 12.7. The second kappa shape index (κ2) is 5.70. The van der Waals surface area contributed by atoms with Gasteiger partial charge in [-0.2, -0.15) is 0 Å². The Bertz CT molecular complexity index is 878. The number of hydrogen-bond donors (Lipinski definition) is 1. The van der Waals surface area contributed by atoms with Gasteiger partial charge in [0.2, 0.25) is 5.91 Å². The van der Waals surface area contributed by atoms with Gasteiger partial charge < -0.3 is 5.32 Å². The number of rotatable bonds is 4. The highest BCUT2D eigenvalue weighted by Crippen LogP contribution is 2.35. The van der Waals surface area contributed by atoms with Crippen LogP contribution < -0.4 is 5.32 Å². The van der Waals surface area contributed by atoms with Crippen LogP contribution in [0.4, 0.5) is 5.69 Å². The molecule has 5 nitrogen and oxygen atoms in total. The van der Waals surface area contributed by atoms with Crippen LogP contribution >= 0.6 is 11.3 Å². The van der Waals surface area contributed by atoms with E-state index in [-0.39, 0.29) is 5.91 Å². The second-order valence-electron chi connectivity index (χ2n) is 6.89. The molecule has 0 aliphatic heterocycles. The number of hydrogen-bond acceptors (Lipinski definition) is 4. The molecule has 24 heavy (non-hydrogen) atoms. The second-order valence-corrected chi connectivity index (χ2v) is 7.84. The van der Waals surface area contributed by atoms with Gasteiger partial charge in [-0.1, -0.05) is 12.5 Å².